The van der Waals surface area contributed by atoms with E-state index in [-0.39, 0.29) is 11.8 Å². The number of nitrogens with zero attached hydrogens (tertiary/aromatic N) is 1. The summed E-state index contributed by atoms with van der Waals surface area (Å²) >= 11 is 0. The third kappa shape index (κ3) is 4.43. The summed E-state index contributed by atoms with van der Waals surface area (Å²) in [5, 5.41) is 11.2. The van der Waals surface area contributed by atoms with Gasteiger partial charge in [0.2, 0.25) is 5.91 Å². The van der Waals surface area contributed by atoms with Crippen LogP contribution in [0.5, 0.6) is 0 Å². The molecule has 0 aliphatic carbocycles. The second-order valence-electron chi connectivity index (χ2n) is 3.52. The van der Waals surface area contributed by atoms with Crippen LogP contribution >= 0.6 is 0 Å². The zero-order chi connectivity index (χ0) is 11.8. The van der Waals surface area contributed by atoms with Gasteiger partial charge in [-0.3, -0.25) is 4.79 Å². The summed E-state index contributed by atoms with van der Waals surface area (Å²) in [6.45, 7) is 2.15. The normalized spacial score (nSPS) is 12.0. The fourth-order valence-corrected chi connectivity index (χ4v) is 1.09. The Labute approximate surface area is 95.4 Å². The van der Waals surface area contributed by atoms with E-state index >= 15 is 0 Å². The van der Waals surface area contributed by atoms with Gasteiger partial charge >= 0.3 is 0 Å². The number of carbonyl (C=O) groups excluding carboxylic acids is 1. The second kappa shape index (κ2) is 6.41. The first-order valence-electron chi connectivity index (χ1n) is 5.13. The molecule has 0 aromatic heterocycles. The van der Waals surface area contributed by atoms with Gasteiger partial charge in [-0.25, -0.2) is 0 Å². The summed E-state index contributed by atoms with van der Waals surface area (Å²) in [6.07, 6.45) is 3.21. The number of hydrogen-bond acceptors (Lipinski definition) is 2. The van der Waals surface area contributed by atoms with Crippen LogP contribution in [-0.2, 0) is 4.79 Å². The van der Waals surface area contributed by atoms with Gasteiger partial charge in [-0.15, -0.1) is 0 Å². The molecule has 0 fully saturated rings. The van der Waals surface area contributed by atoms with E-state index in [0.29, 0.717) is 6.54 Å². The summed E-state index contributed by atoms with van der Waals surface area (Å²) in [5.74, 6) is -0.333. The Morgan fingerprint density at radius 1 is 1.50 bits per heavy atom. The minimum atomic E-state index is -0.175. The molecule has 0 unspecified atom stereocenters. The average Bonchev–Trinajstić information content (AvgIpc) is 2.34. The molecule has 1 aromatic rings. The Morgan fingerprint density at radius 2 is 2.19 bits per heavy atom. The molecule has 3 heteroatoms. The van der Waals surface area contributed by atoms with Gasteiger partial charge in [0.05, 0.1) is 12.0 Å². The highest BCUT2D eigenvalue weighted by Gasteiger charge is 2.00. The number of carbonyl (C=O) groups is 1. The lowest BCUT2D eigenvalue weighted by Crippen LogP contribution is -2.25. The number of nitrogens with one attached hydrogen (secondary N) is 1. The van der Waals surface area contributed by atoms with Crippen LogP contribution in [0.15, 0.2) is 36.4 Å². The van der Waals surface area contributed by atoms with Gasteiger partial charge < -0.3 is 5.32 Å². The summed E-state index contributed by atoms with van der Waals surface area (Å²) in [4.78, 5) is 11.3. The van der Waals surface area contributed by atoms with Crippen molar-refractivity contribution in [1.82, 2.24) is 5.32 Å². The van der Waals surface area contributed by atoms with Crippen molar-refractivity contribution in [2.75, 3.05) is 6.54 Å². The molecule has 0 aliphatic rings. The van der Waals surface area contributed by atoms with Crippen molar-refractivity contribution in [3.63, 3.8) is 0 Å². The number of hydrogen-bond donors (Lipinski definition) is 1. The van der Waals surface area contributed by atoms with Gasteiger partial charge in [-0.05, 0) is 18.6 Å². The Morgan fingerprint density at radius 3 is 2.81 bits per heavy atom. The fourth-order valence-electron chi connectivity index (χ4n) is 1.09. The Kier molecular flexibility index (Phi) is 4.81. The molecule has 0 radical (unpaired) electrons. The van der Waals surface area contributed by atoms with Gasteiger partial charge in [-0.2, -0.15) is 5.26 Å². The summed E-state index contributed by atoms with van der Waals surface area (Å²) < 4.78 is 0. The molecule has 1 N–H and O–H groups in total. The molecule has 0 saturated heterocycles. The molecular formula is C13H14N2O. The van der Waals surface area contributed by atoms with Crippen LogP contribution in [0.25, 0.3) is 6.08 Å². The number of nitriles is 1. The first kappa shape index (κ1) is 12.0. The second-order valence-corrected chi connectivity index (χ2v) is 3.52. The van der Waals surface area contributed by atoms with Crippen LogP contribution in [0.4, 0.5) is 0 Å². The first-order chi connectivity index (χ1) is 7.72. The lowest BCUT2D eigenvalue weighted by atomic mass is 10.2. The van der Waals surface area contributed by atoms with Gasteiger partial charge in [-0.1, -0.05) is 30.3 Å². The quantitative estimate of drug-likeness (QED) is 0.779. The first-order valence-corrected chi connectivity index (χ1v) is 5.13. The number of rotatable bonds is 4. The van der Waals surface area contributed by atoms with E-state index < -0.39 is 0 Å². The highest BCUT2D eigenvalue weighted by molar-refractivity contribution is 5.91. The van der Waals surface area contributed by atoms with E-state index in [1.807, 2.05) is 30.3 Å². The van der Waals surface area contributed by atoms with Crippen molar-refractivity contribution in [1.29, 1.82) is 5.26 Å². The van der Waals surface area contributed by atoms with Crippen molar-refractivity contribution in [2.45, 2.75) is 6.92 Å². The molecule has 0 spiro atoms. The molecule has 1 aromatic carbocycles. The van der Waals surface area contributed by atoms with Crippen LogP contribution < -0.4 is 5.32 Å². The van der Waals surface area contributed by atoms with E-state index in [0.717, 1.165) is 5.56 Å². The molecule has 0 heterocycles. The predicted molar refractivity (Wildman–Crippen MR) is 63.3 cm³/mol. The maximum atomic E-state index is 11.3. The summed E-state index contributed by atoms with van der Waals surface area (Å²) in [5.41, 5.74) is 0.978. The highest BCUT2D eigenvalue weighted by atomic mass is 16.1. The molecule has 0 bridgehead atoms. The molecule has 3 nitrogen and oxygen atoms in total. The van der Waals surface area contributed by atoms with Crippen molar-refractivity contribution in [3.05, 3.63) is 42.0 Å². The SMILES string of the molecule is C[C@H](C#N)CNC(=O)/C=C/c1ccccc1. The van der Waals surface area contributed by atoms with Crippen LogP contribution in [0.1, 0.15) is 12.5 Å². The minimum absolute atomic E-state index is 0.158. The van der Waals surface area contributed by atoms with Crippen LogP contribution in [0.3, 0.4) is 0 Å². The zero-order valence-corrected chi connectivity index (χ0v) is 9.18. The van der Waals surface area contributed by atoms with Crippen LogP contribution in [-0.4, -0.2) is 12.5 Å². The predicted octanol–water partition coefficient (Wildman–Crippen LogP) is 1.98. The van der Waals surface area contributed by atoms with E-state index in [2.05, 4.69) is 11.4 Å². The number of amides is 1. The lowest BCUT2D eigenvalue weighted by molar-refractivity contribution is -0.116. The number of benzene rings is 1. The van der Waals surface area contributed by atoms with Gasteiger partial charge in [0, 0.05) is 12.6 Å². The topological polar surface area (TPSA) is 52.9 Å². The molecule has 0 aliphatic heterocycles. The molecule has 82 valence electrons. The minimum Gasteiger partial charge on any atom is -0.351 e. The van der Waals surface area contributed by atoms with E-state index in [9.17, 15) is 4.79 Å². The van der Waals surface area contributed by atoms with Crippen molar-refractivity contribution in [3.8, 4) is 6.07 Å². The van der Waals surface area contributed by atoms with Crippen LogP contribution in [0, 0.1) is 17.2 Å². The Balaban J connectivity index is 2.41. The monoisotopic (exact) mass is 214 g/mol. The Hall–Kier alpha value is -2.08. The van der Waals surface area contributed by atoms with E-state index in [1.165, 1.54) is 6.08 Å². The smallest absolute Gasteiger partial charge is 0.244 e. The lowest BCUT2D eigenvalue weighted by Gasteiger charge is -2.02. The standard InChI is InChI=1S/C13H14N2O/c1-11(9-14)10-15-13(16)8-7-12-5-3-2-4-6-12/h2-8,11H,10H2,1H3,(H,15,16)/b8-7+/t11-/m1/s1. The maximum absolute atomic E-state index is 11.3. The molecule has 1 rings (SSSR count). The largest absolute Gasteiger partial charge is 0.351 e. The molecular weight excluding hydrogens is 200 g/mol. The molecule has 1 atom stereocenters. The van der Waals surface area contributed by atoms with E-state index in [1.54, 1.807) is 13.0 Å². The third-order valence-corrected chi connectivity index (χ3v) is 2.03. The maximum Gasteiger partial charge on any atom is 0.244 e. The Bertz CT molecular complexity index is 404. The molecule has 0 saturated carbocycles. The van der Waals surface area contributed by atoms with Crippen LogP contribution in [0.2, 0.25) is 0 Å². The van der Waals surface area contributed by atoms with E-state index in [4.69, 9.17) is 5.26 Å². The van der Waals surface area contributed by atoms with Gasteiger partial charge in [0.1, 0.15) is 0 Å². The van der Waals surface area contributed by atoms with Crippen molar-refractivity contribution in [2.24, 2.45) is 5.92 Å². The highest BCUT2D eigenvalue weighted by Crippen LogP contribution is 2.00. The molecule has 1 amide bonds. The average molecular weight is 214 g/mol. The zero-order valence-electron chi connectivity index (χ0n) is 9.18. The fraction of sp³-hybridized carbons (Fsp3) is 0.231. The summed E-state index contributed by atoms with van der Waals surface area (Å²) in [7, 11) is 0. The molecule has 16 heavy (non-hydrogen) atoms. The van der Waals surface area contributed by atoms with Crippen molar-refractivity contribution < 1.29 is 4.79 Å². The summed E-state index contributed by atoms with van der Waals surface area (Å²) in [6, 6.07) is 11.6. The van der Waals surface area contributed by atoms with Gasteiger partial charge in [0.25, 0.3) is 0 Å². The third-order valence-electron chi connectivity index (χ3n) is 2.03. The van der Waals surface area contributed by atoms with Gasteiger partial charge in [0.15, 0.2) is 0 Å². The van der Waals surface area contributed by atoms with Crippen molar-refractivity contribution >= 4 is 12.0 Å².